The molecule has 2 rings (SSSR count). The van der Waals surface area contributed by atoms with Crippen LogP contribution in [0.5, 0.6) is 5.75 Å². The van der Waals surface area contributed by atoms with E-state index in [1.54, 1.807) is 18.2 Å². The lowest BCUT2D eigenvalue weighted by molar-refractivity contribution is -0.116. The molecule has 0 radical (unpaired) electrons. The van der Waals surface area contributed by atoms with Gasteiger partial charge >= 0.3 is 0 Å². The van der Waals surface area contributed by atoms with Crippen molar-refractivity contribution in [3.63, 3.8) is 0 Å². The van der Waals surface area contributed by atoms with Gasteiger partial charge in [0.2, 0.25) is 5.91 Å². The van der Waals surface area contributed by atoms with Crippen LogP contribution in [0.15, 0.2) is 54.6 Å². The van der Waals surface area contributed by atoms with Crippen LogP contribution < -0.4 is 10.1 Å². The van der Waals surface area contributed by atoms with Crippen LogP contribution in [0.25, 0.3) is 6.08 Å². The molecule has 0 atom stereocenters. The van der Waals surface area contributed by atoms with Crippen molar-refractivity contribution >= 4 is 23.6 Å². The maximum absolute atomic E-state index is 11.8. The number of rotatable bonds is 6. The van der Waals surface area contributed by atoms with Crippen LogP contribution in [0, 0.1) is 0 Å². The number of nitrogens with one attached hydrogen (secondary N) is 1. The zero-order chi connectivity index (χ0) is 16.7. The topological polar surface area (TPSA) is 38.3 Å². The molecule has 0 saturated carbocycles. The molecular weight excluding hydrogens is 310 g/mol. The summed E-state index contributed by atoms with van der Waals surface area (Å²) in [6.07, 6.45) is 3.42. The summed E-state index contributed by atoms with van der Waals surface area (Å²) in [5.41, 5.74) is 1.95. The summed E-state index contributed by atoms with van der Waals surface area (Å²) >= 11 is 5.82. The Hall–Kier alpha value is -2.26. The largest absolute Gasteiger partial charge is 0.491 e. The van der Waals surface area contributed by atoms with Gasteiger partial charge in [0.1, 0.15) is 5.75 Å². The van der Waals surface area contributed by atoms with E-state index in [4.69, 9.17) is 16.3 Å². The molecule has 0 aromatic heterocycles. The Kier molecular flexibility index (Phi) is 6.24. The van der Waals surface area contributed by atoms with Crippen molar-refractivity contribution in [2.45, 2.75) is 26.5 Å². The summed E-state index contributed by atoms with van der Waals surface area (Å²) in [7, 11) is 0. The van der Waals surface area contributed by atoms with Crippen LogP contribution in [-0.2, 0) is 11.3 Å². The monoisotopic (exact) mass is 329 g/mol. The van der Waals surface area contributed by atoms with Crippen LogP contribution in [0.1, 0.15) is 25.0 Å². The molecule has 4 heteroatoms. The molecule has 0 unspecified atom stereocenters. The van der Waals surface area contributed by atoms with Crippen molar-refractivity contribution in [1.82, 2.24) is 5.32 Å². The van der Waals surface area contributed by atoms with Gasteiger partial charge in [-0.15, -0.1) is 0 Å². The Morgan fingerprint density at radius 1 is 1.13 bits per heavy atom. The third-order valence-corrected chi connectivity index (χ3v) is 3.31. The van der Waals surface area contributed by atoms with Crippen LogP contribution in [0.4, 0.5) is 0 Å². The van der Waals surface area contributed by atoms with Gasteiger partial charge in [0.05, 0.1) is 6.10 Å². The summed E-state index contributed by atoms with van der Waals surface area (Å²) in [6.45, 7) is 4.45. The first-order valence-corrected chi connectivity index (χ1v) is 7.88. The van der Waals surface area contributed by atoms with Gasteiger partial charge in [0.25, 0.3) is 0 Å². The zero-order valence-corrected chi connectivity index (χ0v) is 14.0. The van der Waals surface area contributed by atoms with Gasteiger partial charge in [-0.1, -0.05) is 35.9 Å². The lowest BCUT2D eigenvalue weighted by Gasteiger charge is -2.10. The maximum Gasteiger partial charge on any atom is 0.244 e. The minimum atomic E-state index is -0.137. The lowest BCUT2D eigenvalue weighted by Crippen LogP contribution is -2.20. The number of benzene rings is 2. The molecule has 0 bridgehead atoms. The Labute approximate surface area is 141 Å². The second kappa shape index (κ2) is 8.39. The highest BCUT2D eigenvalue weighted by molar-refractivity contribution is 6.30. The van der Waals surface area contributed by atoms with Gasteiger partial charge < -0.3 is 10.1 Å². The van der Waals surface area contributed by atoms with Crippen molar-refractivity contribution in [3.8, 4) is 5.75 Å². The second-order valence-electron chi connectivity index (χ2n) is 5.41. The molecule has 1 amide bonds. The average Bonchev–Trinajstić information content (AvgIpc) is 2.53. The Balaban J connectivity index is 1.83. The molecule has 0 saturated heterocycles. The van der Waals surface area contributed by atoms with Crippen LogP contribution in [0.2, 0.25) is 5.02 Å². The zero-order valence-electron chi connectivity index (χ0n) is 13.3. The maximum atomic E-state index is 11.8. The highest BCUT2D eigenvalue weighted by atomic mass is 35.5. The van der Waals surface area contributed by atoms with E-state index in [-0.39, 0.29) is 12.0 Å². The van der Waals surface area contributed by atoms with E-state index in [9.17, 15) is 4.79 Å². The van der Waals surface area contributed by atoms with Gasteiger partial charge in [0, 0.05) is 17.6 Å². The van der Waals surface area contributed by atoms with Gasteiger partial charge in [-0.25, -0.2) is 0 Å². The van der Waals surface area contributed by atoms with Crippen LogP contribution >= 0.6 is 11.6 Å². The minimum absolute atomic E-state index is 0.137. The van der Waals surface area contributed by atoms with Gasteiger partial charge in [-0.3, -0.25) is 4.79 Å². The highest BCUT2D eigenvalue weighted by Gasteiger charge is 2.00. The van der Waals surface area contributed by atoms with Gasteiger partial charge in [0.15, 0.2) is 0 Å². The second-order valence-corrected chi connectivity index (χ2v) is 5.85. The summed E-state index contributed by atoms with van der Waals surface area (Å²) in [6, 6.07) is 15.0. The summed E-state index contributed by atoms with van der Waals surface area (Å²) < 4.78 is 5.58. The van der Waals surface area contributed by atoms with Gasteiger partial charge in [-0.05, 0) is 55.3 Å². The molecule has 0 fully saturated rings. The predicted octanol–water partition coefficient (Wildman–Crippen LogP) is 4.46. The van der Waals surface area contributed by atoms with Crippen LogP contribution in [-0.4, -0.2) is 12.0 Å². The first-order chi connectivity index (χ1) is 11.0. The van der Waals surface area contributed by atoms with E-state index in [2.05, 4.69) is 5.32 Å². The lowest BCUT2D eigenvalue weighted by atomic mass is 10.2. The summed E-state index contributed by atoms with van der Waals surface area (Å²) in [4.78, 5) is 11.8. The fraction of sp³-hybridized carbons (Fsp3) is 0.211. The van der Waals surface area contributed by atoms with E-state index in [0.29, 0.717) is 11.6 Å². The van der Waals surface area contributed by atoms with E-state index < -0.39 is 0 Å². The van der Waals surface area contributed by atoms with E-state index in [1.165, 1.54) is 6.08 Å². The number of hydrogen-bond donors (Lipinski definition) is 1. The van der Waals surface area contributed by atoms with Crippen molar-refractivity contribution in [3.05, 3.63) is 70.8 Å². The number of carbonyl (C=O) groups is 1. The average molecular weight is 330 g/mol. The van der Waals surface area contributed by atoms with Crippen molar-refractivity contribution < 1.29 is 9.53 Å². The smallest absolute Gasteiger partial charge is 0.244 e. The number of ether oxygens (including phenoxy) is 1. The van der Waals surface area contributed by atoms with E-state index in [1.807, 2.05) is 50.2 Å². The summed E-state index contributed by atoms with van der Waals surface area (Å²) in [5, 5.41) is 3.53. The normalized spacial score (nSPS) is 11.0. The number of halogens is 1. The number of carbonyl (C=O) groups excluding carboxylic acids is 1. The Morgan fingerprint density at radius 2 is 1.78 bits per heavy atom. The standard InChI is InChI=1S/C19H20ClNO2/c1-14(2)23-18-10-5-16(6-11-18)13-21-19(22)12-7-15-3-8-17(20)9-4-15/h3-12,14H,13H2,1-2H3,(H,21,22)/b12-7+. The Bertz CT molecular complexity index is 661. The molecule has 0 aliphatic rings. The molecule has 0 spiro atoms. The molecule has 0 heterocycles. The molecule has 1 N–H and O–H groups in total. The van der Waals surface area contributed by atoms with E-state index in [0.717, 1.165) is 16.9 Å². The summed E-state index contributed by atoms with van der Waals surface area (Å²) in [5.74, 6) is 0.695. The number of hydrogen-bond acceptors (Lipinski definition) is 2. The molecule has 120 valence electrons. The van der Waals surface area contributed by atoms with Crippen LogP contribution in [0.3, 0.4) is 0 Å². The molecule has 0 aliphatic heterocycles. The number of amides is 1. The molecule has 3 nitrogen and oxygen atoms in total. The van der Waals surface area contributed by atoms with Crippen molar-refractivity contribution in [2.24, 2.45) is 0 Å². The van der Waals surface area contributed by atoms with Gasteiger partial charge in [-0.2, -0.15) is 0 Å². The SMILES string of the molecule is CC(C)Oc1ccc(CNC(=O)/C=C/c2ccc(Cl)cc2)cc1. The van der Waals surface area contributed by atoms with Crippen molar-refractivity contribution in [2.75, 3.05) is 0 Å². The third kappa shape index (κ3) is 6.17. The molecule has 2 aromatic rings. The molecular formula is C19H20ClNO2. The van der Waals surface area contributed by atoms with Crippen molar-refractivity contribution in [1.29, 1.82) is 0 Å². The molecule has 2 aromatic carbocycles. The third-order valence-electron chi connectivity index (χ3n) is 3.06. The fourth-order valence-electron chi connectivity index (χ4n) is 1.95. The predicted molar refractivity (Wildman–Crippen MR) is 94.5 cm³/mol. The fourth-order valence-corrected chi connectivity index (χ4v) is 2.08. The minimum Gasteiger partial charge on any atom is -0.491 e. The Morgan fingerprint density at radius 3 is 2.39 bits per heavy atom. The highest BCUT2D eigenvalue weighted by Crippen LogP contribution is 2.14. The van der Waals surface area contributed by atoms with E-state index >= 15 is 0 Å². The first-order valence-electron chi connectivity index (χ1n) is 7.50. The quantitative estimate of drug-likeness (QED) is 0.795. The molecule has 0 aliphatic carbocycles. The molecule has 23 heavy (non-hydrogen) atoms. The first kappa shape index (κ1) is 17.1.